The summed E-state index contributed by atoms with van der Waals surface area (Å²) < 4.78 is 7.22. The predicted molar refractivity (Wildman–Crippen MR) is 141 cm³/mol. The van der Waals surface area contributed by atoms with E-state index < -0.39 is 0 Å². The van der Waals surface area contributed by atoms with Gasteiger partial charge in [0.2, 0.25) is 0 Å². The Balaban J connectivity index is 1.41. The number of aromatic amines is 1. The monoisotopic (exact) mass is 533 g/mol. The number of amides is 1. The highest BCUT2D eigenvalue weighted by atomic mass is 35.5. The van der Waals surface area contributed by atoms with E-state index >= 15 is 0 Å². The Morgan fingerprint density at radius 2 is 1.70 bits per heavy atom. The number of hydrogen-bond acceptors (Lipinski definition) is 6. The Morgan fingerprint density at radius 1 is 0.973 bits per heavy atom. The Labute approximate surface area is 222 Å². The molecule has 0 bridgehead atoms. The normalized spacial score (nSPS) is 10.9. The van der Waals surface area contributed by atoms with Gasteiger partial charge in [-0.05, 0) is 66.2 Å². The molecule has 0 spiro atoms. The number of aromatic nitrogens is 6. The maximum absolute atomic E-state index is 12.5. The van der Waals surface area contributed by atoms with Gasteiger partial charge in [0.05, 0.1) is 31.6 Å². The van der Waals surface area contributed by atoms with Crippen LogP contribution in [0.25, 0.3) is 22.5 Å². The van der Waals surface area contributed by atoms with Crippen LogP contribution in [0.2, 0.25) is 10.0 Å². The lowest BCUT2D eigenvalue weighted by Gasteiger charge is -2.09. The summed E-state index contributed by atoms with van der Waals surface area (Å²) in [6.45, 7) is 0.673. The fourth-order valence-corrected chi connectivity index (χ4v) is 4.35. The third-order valence-electron chi connectivity index (χ3n) is 5.67. The van der Waals surface area contributed by atoms with E-state index in [4.69, 9.17) is 33.0 Å². The summed E-state index contributed by atoms with van der Waals surface area (Å²) in [5.74, 6) is 0.950. The van der Waals surface area contributed by atoms with E-state index in [9.17, 15) is 4.79 Å². The zero-order chi connectivity index (χ0) is 25.8. The minimum Gasteiger partial charge on any atom is -0.497 e. The first-order valence-electron chi connectivity index (χ1n) is 11.3. The minimum atomic E-state index is -0.227. The third-order valence-corrected chi connectivity index (χ3v) is 6.11. The quantitative estimate of drug-likeness (QED) is 0.289. The van der Waals surface area contributed by atoms with Crippen LogP contribution in [0.3, 0.4) is 0 Å². The van der Waals surface area contributed by atoms with Gasteiger partial charge < -0.3 is 10.1 Å². The first-order valence-corrected chi connectivity index (χ1v) is 12.0. The van der Waals surface area contributed by atoms with Crippen LogP contribution in [0.15, 0.2) is 72.8 Å². The first-order chi connectivity index (χ1) is 18.0. The number of nitrogens with zero attached hydrogens (tertiary/aromatic N) is 5. The molecule has 11 heteroatoms. The molecule has 0 fully saturated rings. The van der Waals surface area contributed by atoms with E-state index in [-0.39, 0.29) is 12.5 Å². The summed E-state index contributed by atoms with van der Waals surface area (Å²) >= 11 is 12.5. The molecule has 3 aromatic carbocycles. The molecule has 0 aliphatic rings. The van der Waals surface area contributed by atoms with Crippen molar-refractivity contribution in [3.05, 3.63) is 99.8 Å². The molecule has 0 radical (unpaired) electrons. The molecule has 2 N–H and O–H groups in total. The highest BCUT2D eigenvalue weighted by Crippen LogP contribution is 2.31. The smallest absolute Gasteiger partial charge is 0.251 e. The fraction of sp³-hybridized carbons (Fsp3) is 0.115. The van der Waals surface area contributed by atoms with Crippen LogP contribution in [0.4, 0.5) is 0 Å². The second kappa shape index (κ2) is 10.8. The van der Waals surface area contributed by atoms with Crippen LogP contribution in [-0.2, 0) is 13.1 Å². The number of ether oxygens (including phenoxy) is 1. The van der Waals surface area contributed by atoms with E-state index in [0.29, 0.717) is 28.0 Å². The van der Waals surface area contributed by atoms with Crippen molar-refractivity contribution in [2.24, 2.45) is 0 Å². The van der Waals surface area contributed by atoms with E-state index in [1.807, 2.05) is 59.3 Å². The molecule has 0 saturated heterocycles. The van der Waals surface area contributed by atoms with Crippen LogP contribution in [0.1, 0.15) is 21.7 Å². The van der Waals surface area contributed by atoms with Gasteiger partial charge in [-0.2, -0.15) is 10.3 Å². The lowest BCUT2D eigenvalue weighted by Crippen LogP contribution is -2.23. The average Bonchev–Trinajstić information content (AvgIpc) is 3.58. The molecule has 2 heterocycles. The zero-order valence-electron chi connectivity index (χ0n) is 19.7. The molecule has 37 heavy (non-hydrogen) atoms. The van der Waals surface area contributed by atoms with Crippen LogP contribution >= 0.6 is 23.2 Å². The molecule has 186 valence electrons. The Kier molecular flexibility index (Phi) is 7.16. The van der Waals surface area contributed by atoms with E-state index in [1.54, 1.807) is 25.3 Å². The van der Waals surface area contributed by atoms with E-state index in [2.05, 4.69) is 25.9 Å². The molecular formula is C26H21Cl2N7O2. The van der Waals surface area contributed by atoms with Crippen molar-refractivity contribution < 1.29 is 9.53 Å². The lowest BCUT2D eigenvalue weighted by atomic mass is 10.1. The lowest BCUT2D eigenvalue weighted by molar-refractivity contribution is 0.0950. The number of carbonyl (C=O) groups excluding carboxylic acids is 1. The molecule has 5 aromatic rings. The van der Waals surface area contributed by atoms with Crippen molar-refractivity contribution in [2.45, 2.75) is 13.1 Å². The third kappa shape index (κ3) is 5.79. The number of nitrogens with one attached hydrogen (secondary N) is 2. The van der Waals surface area contributed by atoms with Gasteiger partial charge >= 0.3 is 0 Å². The molecule has 9 nitrogen and oxygen atoms in total. The number of halogens is 2. The standard InChI is InChI=1S/C26H21Cl2N7O2/c1-37-22-8-6-17(7-9-22)24-13-23(19-10-20(27)12-21(28)11-19)32-35(24)15-16-2-4-18(5-3-16)26(36)29-14-25-30-33-34-31-25/h2-13H,14-15H2,1H3,(H,29,36)(H,30,31,33,34). The molecular weight excluding hydrogens is 513 g/mol. The highest BCUT2D eigenvalue weighted by Gasteiger charge is 2.14. The Hall–Kier alpha value is -4.21. The summed E-state index contributed by atoms with van der Waals surface area (Å²) in [5.41, 5.74) is 4.95. The van der Waals surface area contributed by atoms with Crippen molar-refractivity contribution in [1.82, 2.24) is 35.7 Å². The highest BCUT2D eigenvalue weighted by molar-refractivity contribution is 6.35. The van der Waals surface area contributed by atoms with Gasteiger partial charge in [-0.3, -0.25) is 9.48 Å². The summed E-state index contributed by atoms with van der Waals surface area (Å²) in [7, 11) is 1.63. The van der Waals surface area contributed by atoms with E-state index in [1.165, 1.54) is 0 Å². The van der Waals surface area contributed by atoms with Gasteiger partial charge in [0, 0.05) is 26.7 Å². The molecule has 0 atom stereocenters. The number of hydrogen-bond donors (Lipinski definition) is 2. The first kappa shape index (κ1) is 24.5. The van der Waals surface area contributed by atoms with Crippen molar-refractivity contribution in [3.63, 3.8) is 0 Å². The molecule has 0 aliphatic heterocycles. The number of H-pyrrole nitrogens is 1. The number of rotatable bonds is 8. The molecule has 5 rings (SSSR count). The zero-order valence-corrected chi connectivity index (χ0v) is 21.2. The predicted octanol–water partition coefficient (Wildman–Crippen LogP) is 5.02. The second-order valence-corrected chi connectivity index (χ2v) is 9.04. The summed E-state index contributed by atoms with van der Waals surface area (Å²) in [6, 6.07) is 22.5. The van der Waals surface area contributed by atoms with E-state index in [0.717, 1.165) is 33.8 Å². The van der Waals surface area contributed by atoms with Gasteiger partial charge in [-0.25, -0.2) is 0 Å². The minimum absolute atomic E-state index is 0.186. The van der Waals surface area contributed by atoms with Crippen LogP contribution < -0.4 is 10.1 Å². The maximum atomic E-state index is 12.5. The maximum Gasteiger partial charge on any atom is 0.251 e. The molecule has 0 saturated carbocycles. The molecule has 0 aliphatic carbocycles. The summed E-state index contributed by atoms with van der Waals surface area (Å²) in [6.07, 6.45) is 0. The van der Waals surface area contributed by atoms with Crippen LogP contribution in [-0.4, -0.2) is 43.4 Å². The summed E-state index contributed by atoms with van der Waals surface area (Å²) in [4.78, 5) is 12.5. The number of carbonyl (C=O) groups is 1. The molecule has 0 unspecified atom stereocenters. The largest absolute Gasteiger partial charge is 0.497 e. The van der Waals surface area contributed by atoms with Gasteiger partial charge in [0.25, 0.3) is 5.91 Å². The summed E-state index contributed by atoms with van der Waals surface area (Å²) in [5, 5.41) is 22.2. The fourth-order valence-electron chi connectivity index (χ4n) is 3.83. The number of methoxy groups -OCH3 is 1. The van der Waals surface area contributed by atoms with Crippen molar-refractivity contribution in [3.8, 4) is 28.3 Å². The topological polar surface area (TPSA) is 111 Å². The Morgan fingerprint density at radius 3 is 2.35 bits per heavy atom. The number of benzene rings is 3. The molecule has 2 aromatic heterocycles. The SMILES string of the molecule is COc1ccc(-c2cc(-c3cc(Cl)cc(Cl)c3)nn2Cc2ccc(C(=O)NCc3nn[nH]n3)cc2)cc1. The van der Waals surface area contributed by atoms with Gasteiger partial charge in [-0.15, -0.1) is 10.2 Å². The average molecular weight is 534 g/mol. The van der Waals surface area contributed by atoms with Crippen molar-refractivity contribution in [2.75, 3.05) is 7.11 Å². The number of tetrazole rings is 1. The van der Waals surface area contributed by atoms with Crippen LogP contribution in [0.5, 0.6) is 5.75 Å². The Bertz CT molecular complexity index is 1500. The second-order valence-electron chi connectivity index (χ2n) is 8.17. The van der Waals surface area contributed by atoms with Gasteiger partial charge in [-0.1, -0.05) is 40.5 Å². The van der Waals surface area contributed by atoms with Gasteiger partial charge in [0.15, 0.2) is 5.82 Å². The van der Waals surface area contributed by atoms with Crippen LogP contribution in [0, 0.1) is 0 Å². The molecule has 1 amide bonds. The van der Waals surface area contributed by atoms with Crippen molar-refractivity contribution >= 4 is 29.1 Å². The van der Waals surface area contributed by atoms with Gasteiger partial charge in [0.1, 0.15) is 5.75 Å². The van der Waals surface area contributed by atoms with Crippen molar-refractivity contribution in [1.29, 1.82) is 0 Å².